The molecule has 0 atom stereocenters. The molecule has 0 saturated carbocycles. The maximum absolute atomic E-state index is 12.2. The summed E-state index contributed by atoms with van der Waals surface area (Å²) in [5.74, 6) is 0.659. The predicted molar refractivity (Wildman–Crippen MR) is 102 cm³/mol. The van der Waals surface area contributed by atoms with Gasteiger partial charge in [0.05, 0.1) is 3.79 Å². The van der Waals surface area contributed by atoms with Gasteiger partial charge in [-0.2, -0.15) is 0 Å². The molecule has 4 nitrogen and oxygen atoms in total. The van der Waals surface area contributed by atoms with Crippen molar-refractivity contribution in [3.63, 3.8) is 0 Å². The molecule has 0 unspecified atom stereocenters. The van der Waals surface area contributed by atoms with Gasteiger partial charge in [0.1, 0.15) is 5.76 Å². The van der Waals surface area contributed by atoms with Gasteiger partial charge < -0.3 is 9.73 Å². The lowest BCUT2D eigenvalue weighted by Crippen LogP contribution is -2.25. The van der Waals surface area contributed by atoms with Gasteiger partial charge in [-0.05, 0) is 53.5 Å². The van der Waals surface area contributed by atoms with Gasteiger partial charge in [0.15, 0.2) is 11.5 Å². The molecule has 0 fully saturated rings. The first-order valence-electron chi connectivity index (χ1n) is 7.76. The molecule has 6 heteroatoms. The lowest BCUT2D eigenvalue weighted by atomic mass is 10.1. The largest absolute Gasteiger partial charge is 0.451 e. The summed E-state index contributed by atoms with van der Waals surface area (Å²) in [6.07, 6.45) is 0.780. The van der Waals surface area contributed by atoms with Crippen LogP contribution >= 0.6 is 27.3 Å². The summed E-state index contributed by atoms with van der Waals surface area (Å²) in [4.78, 5) is 24.7. The lowest BCUT2D eigenvalue weighted by molar-refractivity contribution is 0.0926. The van der Waals surface area contributed by atoms with E-state index in [-0.39, 0.29) is 17.5 Å². The van der Waals surface area contributed by atoms with Gasteiger partial charge in [0.25, 0.3) is 5.91 Å². The number of nitrogens with one attached hydrogen (secondary N) is 1. The number of hydrogen-bond acceptors (Lipinski definition) is 4. The fraction of sp³-hybridized carbons (Fsp3) is 0.158. The van der Waals surface area contributed by atoms with Gasteiger partial charge in [-0.25, -0.2) is 0 Å². The fourth-order valence-electron chi connectivity index (χ4n) is 2.36. The Hall–Kier alpha value is -2.18. The number of halogens is 1. The molecule has 3 aromatic rings. The second kappa shape index (κ2) is 7.80. The first kappa shape index (κ1) is 17.6. The molecule has 25 heavy (non-hydrogen) atoms. The minimum absolute atomic E-state index is 0.0174. The number of benzene rings is 1. The summed E-state index contributed by atoms with van der Waals surface area (Å²) in [7, 11) is 0. The molecular weight excluding hydrogens is 402 g/mol. The zero-order valence-corrected chi connectivity index (χ0v) is 15.9. The number of carbonyl (C=O) groups is 2. The Balaban J connectivity index is 1.60. The number of rotatable bonds is 6. The van der Waals surface area contributed by atoms with E-state index in [0.717, 1.165) is 15.8 Å². The number of carbonyl (C=O) groups excluding carboxylic acids is 2. The monoisotopic (exact) mass is 417 g/mol. The summed E-state index contributed by atoms with van der Waals surface area (Å²) < 4.78 is 6.72. The molecule has 0 radical (unpaired) electrons. The first-order valence-corrected chi connectivity index (χ1v) is 9.37. The number of Topliss-reactive ketones (excluding diaryl/α,β-unsaturated/α-hetero) is 1. The maximum atomic E-state index is 12.2. The maximum Gasteiger partial charge on any atom is 0.287 e. The lowest BCUT2D eigenvalue weighted by Gasteiger charge is -2.02. The third-order valence-corrected chi connectivity index (χ3v) is 5.37. The van der Waals surface area contributed by atoms with Crippen LogP contribution in [0.4, 0.5) is 0 Å². The molecule has 0 saturated heterocycles. The standard InChI is InChI=1S/C19H16BrNO3S/c1-12(22)13-2-4-14(5-3-13)16-7-8-17(24-16)19(23)21-11-10-15-6-9-18(20)25-15/h2-9H,10-11H2,1H3,(H,21,23). The minimum Gasteiger partial charge on any atom is -0.451 e. The van der Waals surface area contributed by atoms with Crippen LogP contribution in [0.25, 0.3) is 11.3 Å². The number of thiophene rings is 1. The van der Waals surface area contributed by atoms with Gasteiger partial charge in [0, 0.05) is 22.5 Å². The summed E-state index contributed by atoms with van der Waals surface area (Å²) in [6.45, 7) is 2.08. The van der Waals surface area contributed by atoms with Gasteiger partial charge in [-0.3, -0.25) is 9.59 Å². The Morgan fingerprint density at radius 3 is 2.48 bits per heavy atom. The van der Waals surface area contributed by atoms with Crippen molar-refractivity contribution in [3.05, 3.63) is 68.5 Å². The Morgan fingerprint density at radius 1 is 1.08 bits per heavy atom. The highest BCUT2D eigenvalue weighted by atomic mass is 79.9. The molecule has 1 N–H and O–H groups in total. The van der Waals surface area contributed by atoms with Gasteiger partial charge in [-0.1, -0.05) is 24.3 Å². The predicted octanol–water partition coefficient (Wildman–Crippen LogP) is 4.95. The van der Waals surface area contributed by atoms with Crippen molar-refractivity contribution in [2.75, 3.05) is 6.54 Å². The molecule has 0 aliphatic rings. The zero-order chi connectivity index (χ0) is 17.8. The molecule has 0 aliphatic carbocycles. The van der Waals surface area contributed by atoms with E-state index in [1.165, 1.54) is 11.8 Å². The quantitative estimate of drug-likeness (QED) is 0.577. The van der Waals surface area contributed by atoms with Crippen LogP contribution in [0.5, 0.6) is 0 Å². The highest BCUT2D eigenvalue weighted by Gasteiger charge is 2.12. The van der Waals surface area contributed by atoms with E-state index < -0.39 is 0 Å². The fourth-order valence-corrected chi connectivity index (χ4v) is 3.84. The van der Waals surface area contributed by atoms with E-state index in [1.807, 2.05) is 24.3 Å². The third kappa shape index (κ3) is 4.46. The number of hydrogen-bond donors (Lipinski definition) is 1. The number of furan rings is 1. The molecule has 0 aliphatic heterocycles. The SMILES string of the molecule is CC(=O)c1ccc(-c2ccc(C(=O)NCCc3ccc(Br)s3)o2)cc1. The highest BCUT2D eigenvalue weighted by molar-refractivity contribution is 9.11. The normalized spacial score (nSPS) is 10.6. The smallest absolute Gasteiger partial charge is 0.287 e. The second-order valence-electron chi connectivity index (χ2n) is 5.51. The molecule has 0 spiro atoms. The molecule has 2 heterocycles. The third-order valence-electron chi connectivity index (χ3n) is 3.69. The second-order valence-corrected chi connectivity index (χ2v) is 8.06. The van der Waals surface area contributed by atoms with Crippen LogP contribution in [0.1, 0.15) is 32.7 Å². The van der Waals surface area contributed by atoms with Crippen LogP contribution in [-0.4, -0.2) is 18.2 Å². The van der Waals surface area contributed by atoms with Gasteiger partial charge >= 0.3 is 0 Å². The van der Waals surface area contributed by atoms with Crippen LogP contribution < -0.4 is 5.32 Å². The zero-order valence-electron chi connectivity index (χ0n) is 13.5. The van der Waals surface area contributed by atoms with E-state index in [9.17, 15) is 9.59 Å². The van der Waals surface area contributed by atoms with Crippen molar-refractivity contribution in [3.8, 4) is 11.3 Å². The van der Waals surface area contributed by atoms with Crippen LogP contribution in [0.2, 0.25) is 0 Å². The summed E-state index contributed by atoms with van der Waals surface area (Å²) in [6, 6.07) is 14.6. The first-order chi connectivity index (χ1) is 12.0. The van der Waals surface area contributed by atoms with Crippen molar-refractivity contribution in [1.29, 1.82) is 0 Å². The summed E-state index contributed by atoms with van der Waals surface area (Å²) in [5.41, 5.74) is 1.47. The van der Waals surface area contributed by atoms with Crippen molar-refractivity contribution >= 4 is 39.0 Å². The average Bonchev–Trinajstić information content (AvgIpc) is 3.24. The van der Waals surface area contributed by atoms with E-state index in [0.29, 0.717) is 17.9 Å². The molecule has 128 valence electrons. The molecule has 1 amide bonds. The summed E-state index contributed by atoms with van der Waals surface area (Å²) in [5, 5.41) is 2.86. The number of amides is 1. The Kier molecular flexibility index (Phi) is 5.50. The van der Waals surface area contributed by atoms with E-state index in [1.54, 1.807) is 35.6 Å². The van der Waals surface area contributed by atoms with Crippen LogP contribution in [0.3, 0.4) is 0 Å². The van der Waals surface area contributed by atoms with Crippen molar-refractivity contribution in [2.24, 2.45) is 0 Å². The van der Waals surface area contributed by atoms with Crippen LogP contribution in [-0.2, 0) is 6.42 Å². The minimum atomic E-state index is -0.234. The van der Waals surface area contributed by atoms with Gasteiger partial charge in [-0.15, -0.1) is 11.3 Å². The van der Waals surface area contributed by atoms with Crippen molar-refractivity contribution < 1.29 is 14.0 Å². The van der Waals surface area contributed by atoms with Crippen LogP contribution in [0, 0.1) is 0 Å². The molecular formula is C19H16BrNO3S. The Morgan fingerprint density at radius 2 is 1.84 bits per heavy atom. The van der Waals surface area contributed by atoms with E-state index in [2.05, 4.69) is 21.2 Å². The molecule has 0 bridgehead atoms. The van der Waals surface area contributed by atoms with Crippen molar-refractivity contribution in [2.45, 2.75) is 13.3 Å². The van der Waals surface area contributed by atoms with E-state index in [4.69, 9.17) is 4.42 Å². The molecule has 2 aromatic heterocycles. The highest BCUT2D eigenvalue weighted by Crippen LogP contribution is 2.23. The Labute approximate surface area is 158 Å². The van der Waals surface area contributed by atoms with Gasteiger partial charge in [0.2, 0.25) is 0 Å². The molecule has 1 aromatic carbocycles. The molecule has 3 rings (SSSR count). The Bertz CT molecular complexity index is 896. The topological polar surface area (TPSA) is 59.3 Å². The summed E-state index contributed by atoms with van der Waals surface area (Å²) >= 11 is 5.08. The average molecular weight is 418 g/mol. The number of ketones is 1. The van der Waals surface area contributed by atoms with E-state index >= 15 is 0 Å². The van der Waals surface area contributed by atoms with Crippen molar-refractivity contribution in [1.82, 2.24) is 5.32 Å². The van der Waals surface area contributed by atoms with Crippen LogP contribution in [0.15, 0.2) is 56.7 Å².